The lowest BCUT2D eigenvalue weighted by Crippen LogP contribution is -2.04. The molecule has 0 aliphatic carbocycles. The zero-order valence-corrected chi connectivity index (χ0v) is 11.5. The Labute approximate surface area is 119 Å². The van der Waals surface area contributed by atoms with Crippen LogP contribution in [0.5, 0.6) is 0 Å². The smallest absolute Gasteiger partial charge is 0.199 e. The molecule has 0 aliphatic heterocycles. The van der Waals surface area contributed by atoms with E-state index in [1.54, 1.807) is 12.1 Å². The van der Waals surface area contributed by atoms with E-state index in [0.29, 0.717) is 10.4 Å². The second-order valence-corrected chi connectivity index (χ2v) is 5.38. The van der Waals surface area contributed by atoms with Crippen LogP contribution in [0.4, 0.5) is 0 Å². The number of hydrogen-bond acceptors (Lipinski definition) is 1. The van der Waals surface area contributed by atoms with Crippen LogP contribution in [-0.4, -0.2) is 9.55 Å². The van der Waals surface area contributed by atoms with E-state index in [2.05, 4.69) is 4.98 Å². The predicted molar refractivity (Wildman–Crippen MR) is 83.6 cm³/mol. The molecule has 2 aromatic heterocycles. The van der Waals surface area contributed by atoms with Gasteiger partial charge < -0.3 is 9.55 Å². The zero-order chi connectivity index (χ0) is 13.9. The molecule has 0 saturated carbocycles. The standard InChI is InChI=1S/C16H11ClN2O/c1-19-13-5-3-2-4-10(13)14-15(20)11-8-9(17)6-7-12(11)18-16(14)19/h2-8H,1H3,(H,18,20). The fraction of sp³-hybridized carbons (Fsp3) is 0.0625. The van der Waals surface area contributed by atoms with Crippen LogP contribution in [0.3, 0.4) is 0 Å². The summed E-state index contributed by atoms with van der Waals surface area (Å²) in [5, 5.41) is 2.88. The molecule has 3 nitrogen and oxygen atoms in total. The first-order valence-electron chi connectivity index (χ1n) is 6.35. The molecular weight excluding hydrogens is 272 g/mol. The highest BCUT2D eigenvalue weighted by Gasteiger charge is 2.13. The van der Waals surface area contributed by atoms with E-state index < -0.39 is 0 Å². The number of benzene rings is 2. The molecular formula is C16H11ClN2O. The van der Waals surface area contributed by atoms with E-state index in [-0.39, 0.29) is 5.43 Å². The quantitative estimate of drug-likeness (QED) is 0.523. The van der Waals surface area contributed by atoms with Crippen molar-refractivity contribution in [2.75, 3.05) is 0 Å². The van der Waals surface area contributed by atoms with Crippen LogP contribution in [0.1, 0.15) is 0 Å². The first-order chi connectivity index (χ1) is 9.66. The Hall–Kier alpha value is -2.26. The van der Waals surface area contributed by atoms with Crippen molar-refractivity contribution < 1.29 is 0 Å². The fourth-order valence-corrected chi connectivity index (χ4v) is 3.02. The minimum absolute atomic E-state index is 0.0213. The van der Waals surface area contributed by atoms with Gasteiger partial charge in [-0.3, -0.25) is 4.79 Å². The molecule has 0 atom stereocenters. The van der Waals surface area contributed by atoms with Gasteiger partial charge in [0.1, 0.15) is 5.65 Å². The van der Waals surface area contributed by atoms with Gasteiger partial charge in [-0.2, -0.15) is 0 Å². The van der Waals surface area contributed by atoms with Gasteiger partial charge in [-0.15, -0.1) is 0 Å². The predicted octanol–water partition coefficient (Wildman–Crippen LogP) is 3.83. The van der Waals surface area contributed by atoms with E-state index in [4.69, 9.17) is 11.6 Å². The normalized spacial score (nSPS) is 11.7. The highest BCUT2D eigenvalue weighted by Crippen LogP contribution is 2.26. The molecule has 0 saturated heterocycles. The SMILES string of the molecule is Cn1c2ccccc2c2c(=O)c3cc(Cl)ccc3[nH]c21. The number of H-pyrrole nitrogens is 1. The van der Waals surface area contributed by atoms with Crippen LogP contribution >= 0.6 is 11.6 Å². The number of halogens is 1. The number of aromatic amines is 1. The van der Waals surface area contributed by atoms with Crippen molar-refractivity contribution in [3.05, 3.63) is 57.7 Å². The Morgan fingerprint density at radius 2 is 1.90 bits per heavy atom. The van der Waals surface area contributed by atoms with E-state index in [1.165, 1.54) is 0 Å². The summed E-state index contributed by atoms with van der Waals surface area (Å²) in [4.78, 5) is 16.1. The Morgan fingerprint density at radius 1 is 1.10 bits per heavy atom. The number of nitrogens with one attached hydrogen (secondary N) is 1. The second-order valence-electron chi connectivity index (χ2n) is 4.94. The van der Waals surface area contributed by atoms with Crippen molar-refractivity contribution in [1.29, 1.82) is 0 Å². The number of hydrogen-bond donors (Lipinski definition) is 1. The molecule has 0 unspecified atom stereocenters. The molecule has 4 aromatic rings. The lowest BCUT2D eigenvalue weighted by Gasteiger charge is -2.02. The van der Waals surface area contributed by atoms with Crippen molar-refractivity contribution in [1.82, 2.24) is 9.55 Å². The summed E-state index contributed by atoms with van der Waals surface area (Å²) in [5.41, 5.74) is 2.70. The lowest BCUT2D eigenvalue weighted by molar-refractivity contribution is 0.994. The number of para-hydroxylation sites is 1. The number of fused-ring (bicyclic) bond motifs is 4. The minimum atomic E-state index is 0.0213. The van der Waals surface area contributed by atoms with Crippen molar-refractivity contribution in [3.63, 3.8) is 0 Å². The van der Waals surface area contributed by atoms with Crippen LogP contribution in [0.2, 0.25) is 5.02 Å². The highest BCUT2D eigenvalue weighted by molar-refractivity contribution is 6.31. The third kappa shape index (κ3) is 1.38. The molecule has 0 radical (unpaired) electrons. The van der Waals surface area contributed by atoms with Crippen LogP contribution in [-0.2, 0) is 7.05 Å². The lowest BCUT2D eigenvalue weighted by atomic mass is 10.1. The monoisotopic (exact) mass is 282 g/mol. The van der Waals surface area contributed by atoms with Crippen LogP contribution < -0.4 is 5.43 Å². The van der Waals surface area contributed by atoms with Gasteiger partial charge in [-0.1, -0.05) is 29.8 Å². The zero-order valence-electron chi connectivity index (χ0n) is 10.8. The topological polar surface area (TPSA) is 37.8 Å². The average molecular weight is 283 g/mol. The molecule has 4 heteroatoms. The Morgan fingerprint density at radius 3 is 2.75 bits per heavy atom. The summed E-state index contributed by atoms with van der Waals surface area (Å²) in [7, 11) is 1.96. The third-order valence-electron chi connectivity index (χ3n) is 3.81. The number of rotatable bonds is 0. The maximum absolute atomic E-state index is 12.8. The van der Waals surface area contributed by atoms with E-state index in [1.807, 2.05) is 41.9 Å². The van der Waals surface area contributed by atoms with Crippen LogP contribution in [0, 0.1) is 0 Å². The molecule has 0 spiro atoms. The molecule has 20 heavy (non-hydrogen) atoms. The summed E-state index contributed by atoms with van der Waals surface area (Å²) in [6, 6.07) is 13.3. The first-order valence-corrected chi connectivity index (χ1v) is 6.73. The van der Waals surface area contributed by atoms with Crippen molar-refractivity contribution in [2.24, 2.45) is 7.05 Å². The maximum atomic E-state index is 12.8. The van der Waals surface area contributed by atoms with E-state index >= 15 is 0 Å². The summed E-state index contributed by atoms with van der Waals surface area (Å²) in [5.74, 6) is 0. The Bertz CT molecular complexity index is 1040. The highest BCUT2D eigenvalue weighted by atomic mass is 35.5. The van der Waals surface area contributed by atoms with Crippen LogP contribution in [0.25, 0.3) is 32.8 Å². The van der Waals surface area contributed by atoms with Gasteiger partial charge in [-0.05, 0) is 24.3 Å². The van der Waals surface area contributed by atoms with Gasteiger partial charge in [0.15, 0.2) is 5.43 Å². The number of pyridine rings is 1. The molecule has 2 aromatic carbocycles. The number of aromatic nitrogens is 2. The molecule has 0 fully saturated rings. The molecule has 98 valence electrons. The summed E-state index contributed by atoms with van der Waals surface area (Å²) >= 11 is 6.01. The Balaban J connectivity index is 2.38. The van der Waals surface area contributed by atoms with Crippen LogP contribution in [0.15, 0.2) is 47.3 Å². The van der Waals surface area contributed by atoms with E-state index in [0.717, 1.165) is 27.5 Å². The van der Waals surface area contributed by atoms with Gasteiger partial charge in [0.2, 0.25) is 0 Å². The molecule has 0 amide bonds. The van der Waals surface area contributed by atoms with Crippen molar-refractivity contribution in [2.45, 2.75) is 0 Å². The summed E-state index contributed by atoms with van der Waals surface area (Å²) in [6.07, 6.45) is 0. The molecule has 0 aliphatic rings. The molecule has 4 rings (SSSR count). The number of aryl methyl sites for hydroxylation is 1. The van der Waals surface area contributed by atoms with Crippen molar-refractivity contribution >= 4 is 44.4 Å². The van der Waals surface area contributed by atoms with E-state index in [9.17, 15) is 4.79 Å². The number of nitrogens with zero attached hydrogens (tertiary/aromatic N) is 1. The summed E-state index contributed by atoms with van der Waals surface area (Å²) in [6.45, 7) is 0. The average Bonchev–Trinajstić information content (AvgIpc) is 2.74. The minimum Gasteiger partial charge on any atom is -0.340 e. The second kappa shape index (κ2) is 3.87. The van der Waals surface area contributed by atoms with Gasteiger partial charge in [0, 0.05) is 22.8 Å². The molecule has 2 heterocycles. The van der Waals surface area contributed by atoms with Gasteiger partial charge >= 0.3 is 0 Å². The van der Waals surface area contributed by atoms with Gasteiger partial charge in [0.05, 0.1) is 16.4 Å². The summed E-state index contributed by atoms with van der Waals surface area (Å²) < 4.78 is 2.01. The van der Waals surface area contributed by atoms with Gasteiger partial charge in [-0.25, -0.2) is 0 Å². The first kappa shape index (κ1) is 11.6. The van der Waals surface area contributed by atoms with Gasteiger partial charge in [0.25, 0.3) is 0 Å². The molecule has 1 N–H and O–H groups in total. The molecule has 0 bridgehead atoms. The Kier molecular flexibility index (Phi) is 2.24. The third-order valence-corrected chi connectivity index (χ3v) is 4.05. The van der Waals surface area contributed by atoms with Crippen molar-refractivity contribution in [3.8, 4) is 0 Å². The fourth-order valence-electron chi connectivity index (χ4n) is 2.85. The maximum Gasteiger partial charge on any atom is 0.199 e. The largest absolute Gasteiger partial charge is 0.340 e.